The number of amides is 1. The summed E-state index contributed by atoms with van der Waals surface area (Å²) in [5.41, 5.74) is 1.73. The Kier molecular flexibility index (Phi) is 4.12. The molecule has 2 aliphatic rings. The van der Waals surface area contributed by atoms with Crippen molar-refractivity contribution in [1.29, 1.82) is 0 Å². The summed E-state index contributed by atoms with van der Waals surface area (Å²) in [4.78, 5) is 11.5. The largest absolute Gasteiger partial charge is 0.382 e. The molecule has 0 unspecified atom stereocenters. The first kappa shape index (κ1) is 14.4. The third-order valence-corrected chi connectivity index (χ3v) is 4.31. The van der Waals surface area contributed by atoms with Crippen LogP contribution >= 0.6 is 0 Å². The molecule has 3 rings (SSSR count). The Labute approximate surface area is 125 Å². The molecule has 0 atom stereocenters. The van der Waals surface area contributed by atoms with E-state index in [1.165, 1.54) is 0 Å². The predicted molar refractivity (Wildman–Crippen MR) is 80.3 cm³/mol. The minimum atomic E-state index is -0.304. The molecule has 1 saturated heterocycles. The van der Waals surface area contributed by atoms with Gasteiger partial charge in [0.25, 0.3) is 5.91 Å². The molecule has 1 saturated carbocycles. The third-order valence-electron chi connectivity index (χ3n) is 4.31. The molecule has 1 spiro atoms. The number of carbonyl (C=O) groups excluding carboxylic acids is 1. The molecular weight excluding hydrogens is 268 g/mol. The molecule has 0 radical (unpaired) electrons. The molecule has 2 N–H and O–H groups in total. The van der Waals surface area contributed by atoms with E-state index in [1.807, 2.05) is 24.3 Å². The van der Waals surface area contributed by atoms with Crippen LogP contribution in [0.15, 0.2) is 24.3 Å². The number of benzene rings is 1. The van der Waals surface area contributed by atoms with Crippen LogP contribution in [0.3, 0.4) is 0 Å². The highest BCUT2D eigenvalue weighted by molar-refractivity contribution is 5.94. The van der Waals surface area contributed by atoms with Crippen molar-refractivity contribution in [1.82, 2.24) is 5.32 Å². The lowest BCUT2D eigenvalue weighted by Gasteiger charge is -2.36. The number of nitrogens with one attached hydrogen (secondary N) is 2. The molecular formula is C16H22N2O3. The maximum absolute atomic E-state index is 11.5. The third kappa shape index (κ3) is 3.19. The molecule has 21 heavy (non-hydrogen) atoms. The van der Waals surface area contributed by atoms with Crippen LogP contribution in [0.2, 0.25) is 0 Å². The number of ether oxygens (including phenoxy) is 2. The predicted octanol–water partition coefficient (Wildman–Crippen LogP) is 2.14. The number of rotatable bonds is 3. The number of anilines is 1. The van der Waals surface area contributed by atoms with Crippen molar-refractivity contribution in [3.8, 4) is 0 Å². The van der Waals surface area contributed by atoms with Crippen molar-refractivity contribution in [2.75, 3.05) is 25.6 Å². The van der Waals surface area contributed by atoms with Crippen molar-refractivity contribution >= 4 is 11.6 Å². The Bertz CT molecular complexity index is 485. The van der Waals surface area contributed by atoms with Gasteiger partial charge in [0, 0.05) is 37.2 Å². The highest BCUT2D eigenvalue weighted by atomic mass is 16.7. The van der Waals surface area contributed by atoms with Gasteiger partial charge in [-0.15, -0.1) is 0 Å². The molecule has 2 fully saturated rings. The Hall–Kier alpha value is -1.59. The Morgan fingerprint density at radius 1 is 1.14 bits per heavy atom. The maximum Gasteiger partial charge on any atom is 0.251 e. The first-order chi connectivity index (χ1) is 10.2. The number of hydrogen-bond acceptors (Lipinski definition) is 4. The fraction of sp³-hybridized carbons (Fsp3) is 0.562. The van der Waals surface area contributed by atoms with Crippen molar-refractivity contribution in [3.05, 3.63) is 29.8 Å². The lowest BCUT2D eigenvalue weighted by molar-refractivity contribution is -0.177. The summed E-state index contributed by atoms with van der Waals surface area (Å²) in [5.74, 6) is -0.363. The van der Waals surface area contributed by atoms with Gasteiger partial charge in [-0.1, -0.05) is 0 Å². The first-order valence-corrected chi connectivity index (χ1v) is 7.57. The highest BCUT2D eigenvalue weighted by Crippen LogP contribution is 2.36. The number of hydrogen-bond donors (Lipinski definition) is 2. The lowest BCUT2D eigenvalue weighted by Crippen LogP contribution is -2.39. The maximum atomic E-state index is 11.5. The van der Waals surface area contributed by atoms with Crippen molar-refractivity contribution in [2.45, 2.75) is 37.5 Å². The molecule has 1 heterocycles. The van der Waals surface area contributed by atoms with E-state index in [1.54, 1.807) is 7.05 Å². The van der Waals surface area contributed by atoms with Crippen LogP contribution in [0.1, 0.15) is 36.0 Å². The van der Waals surface area contributed by atoms with Crippen LogP contribution in [0.25, 0.3) is 0 Å². The smallest absolute Gasteiger partial charge is 0.251 e. The van der Waals surface area contributed by atoms with Crippen LogP contribution < -0.4 is 10.6 Å². The molecule has 1 amide bonds. The molecule has 1 aliphatic heterocycles. The average molecular weight is 290 g/mol. The van der Waals surface area contributed by atoms with Gasteiger partial charge in [0.2, 0.25) is 0 Å². The van der Waals surface area contributed by atoms with Gasteiger partial charge in [0.1, 0.15) is 0 Å². The van der Waals surface area contributed by atoms with E-state index in [0.717, 1.165) is 44.6 Å². The second kappa shape index (κ2) is 6.03. The highest BCUT2D eigenvalue weighted by Gasteiger charge is 2.40. The van der Waals surface area contributed by atoms with E-state index in [-0.39, 0.29) is 11.7 Å². The summed E-state index contributed by atoms with van der Waals surface area (Å²) in [6.45, 7) is 1.44. The van der Waals surface area contributed by atoms with E-state index in [4.69, 9.17) is 9.47 Å². The van der Waals surface area contributed by atoms with Crippen LogP contribution in [-0.4, -0.2) is 38.0 Å². The zero-order valence-electron chi connectivity index (χ0n) is 12.4. The summed E-state index contributed by atoms with van der Waals surface area (Å²) in [6, 6.07) is 8.03. The molecule has 114 valence electrons. The Morgan fingerprint density at radius 3 is 2.33 bits per heavy atom. The van der Waals surface area contributed by atoms with Gasteiger partial charge >= 0.3 is 0 Å². The summed E-state index contributed by atoms with van der Waals surface area (Å²) >= 11 is 0. The normalized spacial score (nSPS) is 21.4. The molecule has 5 heteroatoms. The Morgan fingerprint density at radius 2 is 1.76 bits per heavy atom. The minimum Gasteiger partial charge on any atom is -0.382 e. The van der Waals surface area contributed by atoms with Crippen molar-refractivity contribution < 1.29 is 14.3 Å². The topological polar surface area (TPSA) is 59.6 Å². The van der Waals surface area contributed by atoms with E-state index < -0.39 is 0 Å². The zero-order chi connectivity index (χ0) is 14.7. The average Bonchev–Trinajstić information content (AvgIpc) is 2.98. The summed E-state index contributed by atoms with van der Waals surface area (Å²) in [7, 11) is 1.64. The van der Waals surface area contributed by atoms with E-state index in [0.29, 0.717) is 11.6 Å². The molecule has 1 aromatic rings. The van der Waals surface area contributed by atoms with E-state index in [9.17, 15) is 4.79 Å². The molecule has 0 bridgehead atoms. The SMILES string of the molecule is CNC(=O)c1ccc(NC2CCC3(CC2)OCCO3)cc1. The van der Waals surface area contributed by atoms with Crippen LogP contribution in [0.5, 0.6) is 0 Å². The number of carbonyl (C=O) groups is 1. The van der Waals surface area contributed by atoms with Gasteiger partial charge < -0.3 is 20.1 Å². The molecule has 0 aromatic heterocycles. The zero-order valence-corrected chi connectivity index (χ0v) is 12.4. The monoisotopic (exact) mass is 290 g/mol. The van der Waals surface area contributed by atoms with Crippen LogP contribution in [-0.2, 0) is 9.47 Å². The fourth-order valence-corrected chi connectivity index (χ4v) is 3.09. The molecule has 1 aromatic carbocycles. The second-order valence-corrected chi connectivity index (χ2v) is 5.68. The fourth-order valence-electron chi connectivity index (χ4n) is 3.09. The Balaban J connectivity index is 1.54. The molecule has 5 nitrogen and oxygen atoms in total. The molecule has 1 aliphatic carbocycles. The van der Waals surface area contributed by atoms with Gasteiger partial charge in [-0.3, -0.25) is 4.79 Å². The van der Waals surface area contributed by atoms with E-state index in [2.05, 4.69) is 10.6 Å². The van der Waals surface area contributed by atoms with Gasteiger partial charge in [0.05, 0.1) is 13.2 Å². The van der Waals surface area contributed by atoms with Gasteiger partial charge in [-0.05, 0) is 37.1 Å². The van der Waals surface area contributed by atoms with Gasteiger partial charge in [-0.2, -0.15) is 0 Å². The summed E-state index contributed by atoms with van der Waals surface area (Å²) < 4.78 is 11.5. The summed E-state index contributed by atoms with van der Waals surface area (Å²) in [5, 5.41) is 6.15. The first-order valence-electron chi connectivity index (χ1n) is 7.57. The van der Waals surface area contributed by atoms with Crippen molar-refractivity contribution in [2.24, 2.45) is 0 Å². The van der Waals surface area contributed by atoms with Crippen LogP contribution in [0.4, 0.5) is 5.69 Å². The summed E-state index contributed by atoms with van der Waals surface area (Å²) in [6.07, 6.45) is 3.97. The van der Waals surface area contributed by atoms with Crippen molar-refractivity contribution in [3.63, 3.8) is 0 Å². The minimum absolute atomic E-state index is 0.0586. The van der Waals surface area contributed by atoms with Gasteiger partial charge in [0.15, 0.2) is 5.79 Å². The second-order valence-electron chi connectivity index (χ2n) is 5.68. The lowest BCUT2D eigenvalue weighted by atomic mass is 9.90. The van der Waals surface area contributed by atoms with Gasteiger partial charge in [-0.25, -0.2) is 0 Å². The standard InChI is InChI=1S/C16H22N2O3/c1-17-15(19)12-2-4-13(5-3-12)18-14-6-8-16(9-7-14)20-10-11-21-16/h2-5,14,18H,6-11H2,1H3,(H,17,19). The van der Waals surface area contributed by atoms with E-state index >= 15 is 0 Å². The quantitative estimate of drug-likeness (QED) is 0.895. The van der Waals surface area contributed by atoms with Crippen LogP contribution in [0, 0.1) is 0 Å².